The van der Waals surface area contributed by atoms with Gasteiger partial charge < -0.3 is 9.47 Å². The third-order valence-electron chi connectivity index (χ3n) is 2.94. The fourth-order valence-corrected chi connectivity index (χ4v) is 2.37. The number of pyridine rings is 1. The summed E-state index contributed by atoms with van der Waals surface area (Å²) in [5.41, 5.74) is 1.09. The minimum Gasteiger partial charge on any atom is -0.481 e. The Morgan fingerprint density at radius 2 is 2.44 bits per heavy atom. The van der Waals surface area contributed by atoms with Crippen molar-refractivity contribution in [1.29, 1.82) is 0 Å². The van der Waals surface area contributed by atoms with E-state index in [1.54, 1.807) is 7.11 Å². The van der Waals surface area contributed by atoms with Crippen LogP contribution in [0.2, 0.25) is 0 Å². The second-order valence-electron chi connectivity index (χ2n) is 3.98. The third kappa shape index (κ3) is 2.47. The van der Waals surface area contributed by atoms with Gasteiger partial charge in [0.2, 0.25) is 5.88 Å². The van der Waals surface area contributed by atoms with Crippen LogP contribution in [-0.4, -0.2) is 24.6 Å². The smallest absolute Gasteiger partial charge is 0.212 e. The van der Waals surface area contributed by atoms with E-state index in [1.807, 2.05) is 18.3 Å². The topological polar surface area (TPSA) is 31.4 Å². The molecular weight excluding hydrogens is 226 g/mol. The van der Waals surface area contributed by atoms with E-state index in [1.165, 1.54) is 0 Å². The average molecular weight is 242 g/mol. The van der Waals surface area contributed by atoms with E-state index < -0.39 is 0 Å². The molecule has 0 saturated carbocycles. The Balaban J connectivity index is 2.14. The lowest BCUT2D eigenvalue weighted by Crippen LogP contribution is -2.23. The Hall–Kier alpha value is -0.800. The van der Waals surface area contributed by atoms with Gasteiger partial charge in [0.1, 0.15) is 0 Å². The van der Waals surface area contributed by atoms with Crippen molar-refractivity contribution in [2.75, 3.05) is 19.6 Å². The molecule has 1 aromatic rings. The van der Waals surface area contributed by atoms with E-state index in [-0.39, 0.29) is 6.10 Å². The van der Waals surface area contributed by atoms with Crippen molar-refractivity contribution in [2.45, 2.75) is 18.9 Å². The summed E-state index contributed by atoms with van der Waals surface area (Å²) in [6.45, 7) is 0.810. The first kappa shape index (κ1) is 11.7. The maximum Gasteiger partial charge on any atom is 0.212 e. The molecule has 1 aliphatic rings. The first-order valence-corrected chi connectivity index (χ1v) is 6.06. The molecule has 3 nitrogen and oxygen atoms in total. The molecule has 0 spiro atoms. The van der Waals surface area contributed by atoms with E-state index in [4.69, 9.17) is 21.1 Å². The molecule has 0 aromatic carbocycles. The van der Waals surface area contributed by atoms with Gasteiger partial charge in [0.25, 0.3) is 0 Å². The summed E-state index contributed by atoms with van der Waals surface area (Å²) < 4.78 is 10.8. The lowest BCUT2D eigenvalue weighted by atomic mass is 9.92. The Bertz CT molecular complexity index is 328. The van der Waals surface area contributed by atoms with E-state index in [0.717, 1.165) is 25.0 Å². The maximum absolute atomic E-state index is 5.96. The van der Waals surface area contributed by atoms with Gasteiger partial charge in [-0.05, 0) is 24.5 Å². The molecule has 0 radical (unpaired) electrons. The molecule has 4 heteroatoms. The van der Waals surface area contributed by atoms with Crippen LogP contribution in [0.4, 0.5) is 0 Å². The number of hydrogen-bond donors (Lipinski definition) is 0. The van der Waals surface area contributed by atoms with Gasteiger partial charge in [-0.3, -0.25) is 0 Å². The van der Waals surface area contributed by atoms with Crippen LogP contribution >= 0.6 is 11.6 Å². The monoisotopic (exact) mass is 241 g/mol. The van der Waals surface area contributed by atoms with E-state index in [0.29, 0.717) is 17.7 Å². The number of ether oxygens (including phenoxy) is 2. The third-order valence-corrected chi connectivity index (χ3v) is 3.34. The average Bonchev–Trinajstić information content (AvgIpc) is 2.39. The fourth-order valence-electron chi connectivity index (χ4n) is 2.05. The summed E-state index contributed by atoms with van der Waals surface area (Å²) in [6.07, 6.45) is 4.12. The zero-order valence-corrected chi connectivity index (χ0v) is 10.1. The molecule has 1 aliphatic heterocycles. The lowest BCUT2D eigenvalue weighted by molar-refractivity contribution is -0.0210. The van der Waals surface area contributed by atoms with Crippen LogP contribution in [0.1, 0.15) is 24.5 Å². The molecule has 1 saturated heterocycles. The van der Waals surface area contributed by atoms with Crippen molar-refractivity contribution in [3.05, 3.63) is 23.9 Å². The Morgan fingerprint density at radius 1 is 1.56 bits per heavy atom. The van der Waals surface area contributed by atoms with Gasteiger partial charge in [0.15, 0.2) is 0 Å². The van der Waals surface area contributed by atoms with Gasteiger partial charge in [-0.2, -0.15) is 0 Å². The quantitative estimate of drug-likeness (QED) is 0.763. The Morgan fingerprint density at radius 3 is 3.06 bits per heavy atom. The first-order chi connectivity index (χ1) is 7.85. The van der Waals surface area contributed by atoms with Crippen LogP contribution in [0.15, 0.2) is 18.3 Å². The highest BCUT2D eigenvalue weighted by atomic mass is 35.5. The molecule has 88 valence electrons. The van der Waals surface area contributed by atoms with Gasteiger partial charge in [-0.15, -0.1) is 11.6 Å². The molecule has 16 heavy (non-hydrogen) atoms. The largest absolute Gasteiger partial charge is 0.481 e. The fraction of sp³-hybridized carbons (Fsp3) is 0.583. The zero-order valence-electron chi connectivity index (χ0n) is 9.36. The number of alkyl halides is 1. The van der Waals surface area contributed by atoms with Gasteiger partial charge >= 0.3 is 0 Å². The molecule has 2 atom stereocenters. The van der Waals surface area contributed by atoms with Gasteiger partial charge in [-0.25, -0.2) is 4.98 Å². The number of halogens is 1. The standard InChI is InChI=1S/C12H16ClNO2/c1-15-11-5-4-10(8-14-11)12-9(7-13)3-2-6-16-12/h4-5,8-9,12H,2-3,6-7H2,1H3. The lowest BCUT2D eigenvalue weighted by Gasteiger charge is -2.30. The number of nitrogens with zero attached hydrogens (tertiary/aromatic N) is 1. The number of aromatic nitrogens is 1. The summed E-state index contributed by atoms with van der Waals surface area (Å²) in [4.78, 5) is 4.20. The molecule has 1 aromatic heterocycles. The van der Waals surface area contributed by atoms with Crippen LogP contribution in [0.3, 0.4) is 0 Å². The molecular formula is C12H16ClNO2. The molecule has 0 N–H and O–H groups in total. The van der Waals surface area contributed by atoms with Gasteiger partial charge in [0, 0.05) is 30.7 Å². The minimum absolute atomic E-state index is 0.0876. The second-order valence-corrected chi connectivity index (χ2v) is 4.29. The normalized spacial score (nSPS) is 25.4. The summed E-state index contributed by atoms with van der Waals surface area (Å²) in [5, 5.41) is 0. The van der Waals surface area contributed by atoms with Gasteiger partial charge in [-0.1, -0.05) is 0 Å². The van der Waals surface area contributed by atoms with Crippen molar-refractivity contribution < 1.29 is 9.47 Å². The first-order valence-electron chi connectivity index (χ1n) is 5.52. The molecule has 0 amide bonds. The van der Waals surface area contributed by atoms with Crippen LogP contribution < -0.4 is 4.74 Å². The summed E-state index contributed by atoms with van der Waals surface area (Å²) >= 11 is 5.96. The van der Waals surface area contributed by atoms with E-state index >= 15 is 0 Å². The van der Waals surface area contributed by atoms with Crippen LogP contribution in [0.5, 0.6) is 5.88 Å². The SMILES string of the molecule is COc1ccc(C2OCCCC2CCl)cn1. The molecule has 1 fully saturated rings. The number of methoxy groups -OCH3 is 1. The maximum atomic E-state index is 5.96. The van der Waals surface area contributed by atoms with Crippen molar-refractivity contribution in [1.82, 2.24) is 4.98 Å². The van der Waals surface area contributed by atoms with Crippen molar-refractivity contribution >= 4 is 11.6 Å². The second kappa shape index (κ2) is 5.51. The Labute approximate surface area is 101 Å². The molecule has 0 bridgehead atoms. The summed E-state index contributed by atoms with van der Waals surface area (Å²) in [5.74, 6) is 1.66. The van der Waals surface area contributed by atoms with E-state index in [9.17, 15) is 0 Å². The van der Waals surface area contributed by atoms with Crippen LogP contribution in [-0.2, 0) is 4.74 Å². The predicted molar refractivity (Wildman–Crippen MR) is 62.9 cm³/mol. The minimum atomic E-state index is 0.0876. The van der Waals surface area contributed by atoms with Gasteiger partial charge in [0.05, 0.1) is 13.2 Å². The van der Waals surface area contributed by atoms with Crippen LogP contribution in [0.25, 0.3) is 0 Å². The summed E-state index contributed by atoms with van der Waals surface area (Å²) in [7, 11) is 1.61. The highest BCUT2D eigenvalue weighted by Crippen LogP contribution is 2.34. The molecule has 2 heterocycles. The van der Waals surface area contributed by atoms with Crippen molar-refractivity contribution in [3.63, 3.8) is 0 Å². The molecule has 0 aliphatic carbocycles. The van der Waals surface area contributed by atoms with E-state index in [2.05, 4.69) is 4.98 Å². The highest BCUT2D eigenvalue weighted by molar-refractivity contribution is 6.18. The number of rotatable bonds is 3. The highest BCUT2D eigenvalue weighted by Gasteiger charge is 2.26. The molecule has 2 unspecified atom stereocenters. The van der Waals surface area contributed by atoms with Crippen LogP contribution in [0, 0.1) is 5.92 Å². The predicted octanol–water partition coefficient (Wildman–Crippen LogP) is 2.80. The summed E-state index contributed by atoms with van der Waals surface area (Å²) in [6, 6.07) is 3.86. The van der Waals surface area contributed by atoms with Crippen molar-refractivity contribution in [3.8, 4) is 5.88 Å². The zero-order chi connectivity index (χ0) is 11.4. The number of hydrogen-bond acceptors (Lipinski definition) is 3. The Kier molecular flexibility index (Phi) is 4.02. The molecule has 2 rings (SSSR count). The van der Waals surface area contributed by atoms with Crippen molar-refractivity contribution in [2.24, 2.45) is 5.92 Å².